The second kappa shape index (κ2) is 7.75. The standard InChI is InChI=1S/C21H18N2O6/c24-18-9-10-19(25)23(18)29-20(26)11-22-21(27)28-12-17-15-7-3-1-5-13(15)14-6-2-4-8-16(14)17/h1-8,17H,9-12H2,(H,22,27). The van der Waals surface area contributed by atoms with Gasteiger partial charge in [-0.25, -0.2) is 9.59 Å². The SMILES string of the molecule is O=C(CNC(=O)OCC1c2ccccc2-c2ccccc21)ON1C(=O)CCC1=O. The van der Waals surface area contributed by atoms with Gasteiger partial charge in [-0.05, 0) is 22.3 Å². The number of ether oxygens (including phenoxy) is 1. The number of fused-ring (bicyclic) bond motifs is 3. The van der Waals surface area contributed by atoms with Crippen molar-refractivity contribution in [3.8, 4) is 11.1 Å². The van der Waals surface area contributed by atoms with Crippen LogP contribution in [0.25, 0.3) is 11.1 Å². The van der Waals surface area contributed by atoms with Gasteiger partial charge in [-0.15, -0.1) is 5.06 Å². The third-order valence-electron chi connectivity index (χ3n) is 4.92. The summed E-state index contributed by atoms with van der Waals surface area (Å²) in [5.41, 5.74) is 4.38. The Bertz CT molecular complexity index is 941. The highest BCUT2D eigenvalue weighted by molar-refractivity contribution is 6.01. The fourth-order valence-corrected chi connectivity index (χ4v) is 3.59. The minimum Gasteiger partial charge on any atom is -0.449 e. The molecule has 4 rings (SSSR count). The summed E-state index contributed by atoms with van der Waals surface area (Å²) in [6, 6.07) is 15.9. The van der Waals surface area contributed by atoms with Crippen LogP contribution in [0.4, 0.5) is 4.79 Å². The molecule has 1 saturated heterocycles. The number of imide groups is 1. The Kier molecular flexibility index (Phi) is 4.99. The molecule has 1 fully saturated rings. The second-order valence-corrected chi connectivity index (χ2v) is 6.72. The zero-order valence-electron chi connectivity index (χ0n) is 15.4. The van der Waals surface area contributed by atoms with E-state index in [1.54, 1.807) is 0 Å². The van der Waals surface area contributed by atoms with E-state index in [0.29, 0.717) is 5.06 Å². The lowest BCUT2D eigenvalue weighted by atomic mass is 9.98. The van der Waals surface area contributed by atoms with Crippen molar-refractivity contribution in [1.82, 2.24) is 10.4 Å². The molecule has 0 radical (unpaired) electrons. The number of nitrogens with zero attached hydrogens (tertiary/aromatic N) is 1. The molecule has 0 aromatic heterocycles. The van der Waals surface area contributed by atoms with Crippen LogP contribution in [0.3, 0.4) is 0 Å². The molecule has 1 heterocycles. The molecule has 0 spiro atoms. The maximum absolute atomic E-state index is 12.0. The highest BCUT2D eigenvalue weighted by Crippen LogP contribution is 2.44. The zero-order valence-corrected chi connectivity index (χ0v) is 15.4. The maximum Gasteiger partial charge on any atom is 0.407 e. The van der Waals surface area contributed by atoms with Crippen LogP contribution in [0.2, 0.25) is 0 Å². The molecular weight excluding hydrogens is 376 g/mol. The molecule has 2 aromatic rings. The van der Waals surface area contributed by atoms with E-state index in [1.165, 1.54) is 0 Å². The number of carbonyl (C=O) groups excluding carboxylic acids is 4. The highest BCUT2D eigenvalue weighted by atomic mass is 16.7. The first-order valence-electron chi connectivity index (χ1n) is 9.20. The van der Waals surface area contributed by atoms with Crippen LogP contribution in [0.15, 0.2) is 48.5 Å². The summed E-state index contributed by atoms with van der Waals surface area (Å²) in [5, 5.41) is 2.71. The molecule has 2 aliphatic rings. The number of alkyl carbamates (subject to hydrolysis) is 1. The molecule has 1 N–H and O–H groups in total. The molecule has 0 atom stereocenters. The van der Waals surface area contributed by atoms with E-state index in [4.69, 9.17) is 4.74 Å². The van der Waals surface area contributed by atoms with Gasteiger partial charge in [0.25, 0.3) is 11.8 Å². The number of rotatable bonds is 5. The van der Waals surface area contributed by atoms with Gasteiger partial charge in [-0.1, -0.05) is 48.5 Å². The smallest absolute Gasteiger partial charge is 0.407 e. The fraction of sp³-hybridized carbons (Fsp3) is 0.238. The van der Waals surface area contributed by atoms with Crippen LogP contribution < -0.4 is 5.32 Å². The summed E-state index contributed by atoms with van der Waals surface area (Å²) in [6.07, 6.45) is -0.777. The largest absolute Gasteiger partial charge is 0.449 e. The first-order chi connectivity index (χ1) is 14.0. The molecular formula is C21H18N2O6. The average Bonchev–Trinajstić information content (AvgIpc) is 3.22. The molecule has 3 amide bonds. The Morgan fingerprint density at radius 2 is 1.48 bits per heavy atom. The molecule has 1 aliphatic carbocycles. The van der Waals surface area contributed by atoms with E-state index in [-0.39, 0.29) is 25.4 Å². The van der Waals surface area contributed by atoms with E-state index >= 15 is 0 Å². The molecule has 8 heteroatoms. The summed E-state index contributed by atoms with van der Waals surface area (Å²) in [4.78, 5) is 51.3. The van der Waals surface area contributed by atoms with Crippen LogP contribution >= 0.6 is 0 Å². The zero-order chi connectivity index (χ0) is 20.4. The number of carbonyl (C=O) groups is 4. The van der Waals surface area contributed by atoms with Crippen molar-refractivity contribution in [2.45, 2.75) is 18.8 Å². The first-order valence-corrected chi connectivity index (χ1v) is 9.20. The first kappa shape index (κ1) is 18.7. The maximum atomic E-state index is 12.0. The van der Waals surface area contributed by atoms with Crippen molar-refractivity contribution in [3.05, 3.63) is 59.7 Å². The average molecular weight is 394 g/mol. The predicted molar refractivity (Wildman–Crippen MR) is 100 cm³/mol. The Hall–Kier alpha value is -3.68. The number of hydrogen-bond donors (Lipinski definition) is 1. The van der Waals surface area contributed by atoms with Gasteiger partial charge in [0, 0.05) is 18.8 Å². The minimum atomic E-state index is -0.929. The van der Waals surface area contributed by atoms with Gasteiger partial charge in [-0.3, -0.25) is 9.59 Å². The van der Waals surface area contributed by atoms with Crippen LogP contribution in [-0.2, 0) is 24.0 Å². The third kappa shape index (κ3) is 3.69. The number of benzene rings is 2. The molecule has 2 aromatic carbocycles. The summed E-state index contributed by atoms with van der Waals surface area (Å²) >= 11 is 0. The van der Waals surface area contributed by atoms with Crippen LogP contribution in [-0.4, -0.2) is 42.1 Å². The molecule has 0 bridgehead atoms. The van der Waals surface area contributed by atoms with Crippen LogP contribution in [0.1, 0.15) is 29.9 Å². The molecule has 0 unspecified atom stereocenters. The van der Waals surface area contributed by atoms with Crippen molar-refractivity contribution in [2.24, 2.45) is 0 Å². The lowest BCUT2D eigenvalue weighted by Gasteiger charge is -2.15. The van der Waals surface area contributed by atoms with Gasteiger partial charge < -0.3 is 14.9 Å². The number of hydrogen-bond acceptors (Lipinski definition) is 6. The van der Waals surface area contributed by atoms with E-state index in [0.717, 1.165) is 22.3 Å². The van der Waals surface area contributed by atoms with Gasteiger partial charge in [0.1, 0.15) is 13.2 Å². The quantitative estimate of drug-likeness (QED) is 0.780. The number of nitrogens with one attached hydrogen (secondary N) is 1. The monoisotopic (exact) mass is 394 g/mol. The lowest BCUT2D eigenvalue weighted by molar-refractivity contribution is -0.196. The Balaban J connectivity index is 1.32. The Labute approximate surface area is 166 Å². The molecule has 0 saturated carbocycles. The van der Waals surface area contributed by atoms with Crippen molar-refractivity contribution in [1.29, 1.82) is 0 Å². The molecule has 29 heavy (non-hydrogen) atoms. The normalized spacial score (nSPS) is 15.1. The van der Waals surface area contributed by atoms with Gasteiger partial charge in [0.05, 0.1) is 0 Å². The van der Waals surface area contributed by atoms with Gasteiger partial charge in [0.15, 0.2) is 0 Å². The third-order valence-corrected chi connectivity index (χ3v) is 4.92. The van der Waals surface area contributed by atoms with E-state index < -0.39 is 30.4 Å². The van der Waals surface area contributed by atoms with Crippen molar-refractivity contribution >= 4 is 23.9 Å². The summed E-state index contributed by atoms with van der Waals surface area (Å²) in [6.45, 7) is -0.411. The summed E-state index contributed by atoms with van der Waals surface area (Å²) in [5.74, 6) is -2.18. The summed E-state index contributed by atoms with van der Waals surface area (Å²) < 4.78 is 5.30. The van der Waals surface area contributed by atoms with Crippen molar-refractivity contribution in [3.63, 3.8) is 0 Å². The van der Waals surface area contributed by atoms with Crippen molar-refractivity contribution in [2.75, 3.05) is 13.2 Å². The summed E-state index contributed by atoms with van der Waals surface area (Å²) in [7, 11) is 0. The fourth-order valence-electron chi connectivity index (χ4n) is 3.59. The second-order valence-electron chi connectivity index (χ2n) is 6.72. The number of amides is 3. The van der Waals surface area contributed by atoms with Crippen molar-refractivity contribution < 1.29 is 28.8 Å². The predicted octanol–water partition coefficient (Wildman–Crippen LogP) is 2.13. The molecule has 148 valence electrons. The Morgan fingerprint density at radius 3 is 2.07 bits per heavy atom. The van der Waals surface area contributed by atoms with E-state index in [9.17, 15) is 19.2 Å². The number of hydroxylamine groups is 2. The van der Waals surface area contributed by atoms with E-state index in [1.807, 2.05) is 48.5 Å². The highest BCUT2D eigenvalue weighted by Gasteiger charge is 2.33. The molecule has 1 aliphatic heterocycles. The minimum absolute atomic E-state index is 0.00587. The van der Waals surface area contributed by atoms with E-state index in [2.05, 4.69) is 10.2 Å². The van der Waals surface area contributed by atoms with Gasteiger partial charge in [-0.2, -0.15) is 0 Å². The van der Waals surface area contributed by atoms with Crippen LogP contribution in [0, 0.1) is 0 Å². The topological polar surface area (TPSA) is 102 Å². The van der Waals surface area contributed by atoms with Crippen LogP contribution in [0.5, 0.6) is 0 Å². The van der Waals surface area contributed by atoms with Gasteiger partial charge in [0.2, 0.25) is 0 Å². The van der Waals surface area contributed by atoms with Gasteiger partial charge >= 0.3 is 12.1 Å². The molecule has 8 nitrogen and oxygen atoms in total. The lowest BCUT2D eigenvalue weighted by Crippen LogP contribution is -2.38. The Morgan fingerprint density at radius 1 is 0.931 bits per heavy atom.